The lowest BCUT2D eigenvalue weighted by Crippen LogP contribution is -2.17. The number of hydrogen-bond acceptors (Lipinski definition) is 3. The number of thiophene rings is 1. The Morgan fingerprint density at radius 3 is 2.04 bits per heavy atom. The normalized spacial score (nSPS) is 13.6. The van der Waals surface area contributed by atoms with E-state index in [-0.39, 0.29) is 5.41 Å². The summed E-state index contributed by atoms with van der Waals surface area (Å²) in [5.41, 5.74) is 10.3. The number of hydrogen-bond donors (Lipinski definition) is 0. The molecule has 0 atom stereocenters. The highest BCUT2D eigenvalue weighted by Crippen LogP contribution is 2.57. The number of fused-ring (bicyclic) bond motifs is 13. The lowest BCUT2D eigenvalue weighted by atomic mass is 9.79. The van der Waals surface area contributed by atoms with Crippen LogP contribution < -0.4 is 4.90 Å². The highest BCUT2D eigenvalue weighted by Gasteiger charge is 2.40. The van der Waals surface area contributed by atoms with Gasteiger partial charge in [-0.3, -0.25) is 0 Å². The van der Waals surface area contributed by atoms with E-state index < -0.39 is 0 Å². The zero-order valence-corrected chi connectivity index (χ0v) is 26.4. The molecular weight excluding hydrogens is 579 g/mol. The number of rotatable bonds is 3. The van der Waals surface area contributed by atoms with Gasteiger partial charge >= 0.3 is 0 Å². The first-order chi connectivity index (χ1) is 22.6. The summed E-state index contributed by atoms with van der Waals surface area (Å²) in [6.45, 7) is 4.75. The van der Waals surface area contributed by atoms with Crippen molar-refractivity contribution in [2.75, 3.05) is 4.90 Å². The third kappa shape index (κ3) is 3.46. The van der Waals surface area contributed by atoms with Crippen LogP contribution in [0.4, 0.5) is 17.1 Å². The maximum atomic E-state index is 6.73. The molecule has 0 saturated carbocycles. The second-order valence-corrected chi connectivity index (χ2v) is 14.0. The van der Waals surface area contributed by atoms with Gasteiger partial charge in [-0.05, 0) is 82.1 Å². The van der Waals surface area contributed by atoms with Crippen molar-refractivity contribution in [3.05, 3.63) is 151 Å². The Kier molecular flexibility index (Phi) is 5.25. The van der Waals surface area contributed by atoms with Crippen LogP contribution in [0.25, 0.3) is 64.0 Å². The number of benzene rings is 7. The molecule has 0 radical (unpaired) electrons. The summed E-state index contributed by atoms with van der Waals surface area (Å²) < 4.78 is 9.36. The van der Waals surface area contributed by atoms with Gasteiger partial charge in [-0.25, -0.2) is 0 Å². The van der Waals surface area contributed by atoms with Crippen LogP contribution in [-0.2, 0) is 5.41 Å². The van der Waals surface area contributed by atoms with Crippen molar-refractivity contribution in [3.8, 4) is 11.1 Å². The van der Waals surface area contributed by atoms with Gasteiger partial charge in [0.1, 0.15) is 11.2 Å². The molecule has 0 N–H and O–H groups in total. The van der Waals surface area contributed by atoms with Crippen molar-refractivity contribution < 1.29 is 4.42 Å². The van der Waals surface area contributed by atoms with Crippen LogP contribution in [-0.4, -0.2) is 0 Å². The summed E-state index contributed by atoms with van der Waals surface area (Å²) in [7, 11) is 0. The van der Waals surface area contributed by atoms with E-state index in [1.165, 1.54) is 64.0 Å². The largest absolute Gasteiger partial charge is 0.455 e. The van der Waals surface area contributed by atoms with Gasteiger partial charge in [0, 0.05) is 59.0 Å². The molecule has 0 spiro atoms. The number of para-hydroxylation sites is 2. The van der Waals surface area contributed by atoms with E-state index in [2.05, 4.69) is 158 Å². The highest BCUT2D eigenvalue weighted by atomic mass is 32.1. The predicted octanol–water partition coefficient (Wildman–Crippen LogP) is 12.9. The van der Waals surface area contributed by atoms with Gasteiger partial charge < -0.3 is 9.32 Å². The molecule has 0 amide bonds. The molecule has 2 heterocycles. The molecule has 10 rings (SSSR count). The average Bonchev–Trinajstić information content (AvgIpc) is 3.73. The van der Waals surface area contributed by atoms with Crippen LogP contribution in [0.5, 0.6) is 0 Å². The topological polar surface area (TPSA) is 16.4 Å². The van der Waals surface area contributed by atoms with E-state index in [1.54, 1.807) is 0 Å². The first-order valence-corrected chi connectivity index (χ1v) is 16.7. The number of nitrogens with zero attached hydrogens (tertiary/aromatic N) is 1. The molecule has 0 fully saturated rings. The van der Waals surface area contributed by atoms with Crippen LogP contribution in [0.15, 0.2) is 144 Å². The summed E-state index contributed by atoms with van der Waals surface area (Å²) in [4.78, 5) is 2.40. The molecule has 2 aromatic heterocycles. The molecule has 0 bridgehead atoms. The minimum Gasteiger partial charge on any atom is -0.455 e. The van der Waals surface area contributed by atoms with Gasteiger partial charge in [-0.15, -0.1) is 11.3 Å². The Hall–Kier alpha value is -5.38. The summed E-state index contributed by atoms with van der Waals surface area (Å²) >= 11 is 1.86. The molecule has 218 valence electrons. The van der Waals surface area contributed by atoms with Crippen molar-refractivity contribution >= 4 is 81.3 Å². The van der Waals surface area contributed by atoms with Gasteiger partial charge in [0.15, 0.2) is 0 Å². The maximum absolute atomic E-state index is 6.73. The summed E-state index contributed by atoms with van der Waals surface area (Å²) in [5.74, 6) is 0. The van der Waals surface area contributed by atoms with Crippen LogP contribution >= 0.6 is 11.3 Å². The second kappa shape index (κ2) is 9.32. The van der Waals surface area contributed by atoms with Gasteiger partial charge in [-0.1, -0.05) is 98.8 Å². The highest BCUT2D eigenvalue weighted by molar-refractivity contribution is 7.25. The molecule has 0 saturated heterocycles. The molecule has 1 aliphatic carbocycles. The van der Waals surface area contributed by atoms with Crippen LogP contribution in [0.1, 0.15) is 25.0 Å². The van der Waals surface area contributed by atoms with Crippen LogP contribution in [0, 0.1) is 0 Å². The molecule has 0 unspecified atom stereocenters. The minimum absolute atomic E-state index is 0.233. The Morgan fingerprint density at radius 2 is 1.20 bits per heavy atom. The van der Waals surface area contributed by atoms with Gasteiger partial charge in [0.05, 0.1) is 0 Å². The molecule has 9 aromatic rings. The van der Waals surface area contributed by atoms with E-state index in [4.69, 9.17) is 4.42 Å². The lowest BCUT2D eigenvalue weighted by molar-refractivity contribution is 0.658. The Balaban J connectivity index is 1.23. The van der Waals surface area contributed by atoms with Crippen molar-refractivity contribution in [2.24, 2.45) is 0 Å². The monoisotopic (exact) mass is 607 g/mol. The Morgan fingerprint density at radius 1 is 0.543 bits per heavy atom. The number of anilines is 3. The molecule has 0 aliphatic heterocycles. The van der Waals surface area contributed by atoms with E-state index in [9.17, 15) is 0 Å². The molecule has 7 aromatic carbocycles. The molecule has 46 heavy (non-hydrogen) atoms. The zero-order valence-electron chi connectivity index (χ0n) is 25.5. The molecular formula is C43H29NOS. The van der Waals surface area contributed by atoms with Crippen molar-refractivity contribution in [2.45, 2.75) is 19.3 Å². The Bertz CT molecular complexity index is 2680. The summed E-state index contributed by atoms with van der Waals surface area (Å²) in [6, 6.07) is 50.7. The molecule has 2 nitrogen and oxygen atoms in total. The quantitative estimate of drug-likeness (QED) is 0.199. The lowest BCUT2D eigenvalue weighted by Gasteiger charge is -2.28. The fourth-order valence-corrected chi connectivity index (χ4v) is 9.07. The maximum Gasteiger partial charge on any atom is 0.144 e. The van der Waals surface area contributed by atoms with Gasteiger partial charge in [0.25, 0.3) is 0 Å². The average molecular weight is 608 g/mol. The number of furan rings is 1. The van der Waals surface area contributed by atoms with Gasteiger partial charge in [0.2, 0.25) is 0 Å². The first kappa shape index (κ1) is 25.9. The van der Waals surface area contributed by atoms with Crippen molar-refractivity contribution in [1.82, 2.24) is 0 Å². The SMILES string of the molecule is CC1(C)c2cc(N(c3ccccc3)c3ccc4sc5ccccc5c4c3)ccc2-c2c1c1ccccc1c1c2oc2ccccc21. The fourth-order valence-electron chi connectivity index (χ4n) is 7.98. The Labute approximate surface area is 270 Å². The predicted molar refractivity (Wildman–Crippen MR) is 196 cm³/mol. The summed E-state index contributed by atoms with van der Waals surface area (Å²) in [6.07, 6.45) is 0. The fraction of sp³-hybridized carbons (Fsp3) is 0.0698. The zero-order chi connectivity index (χ0) is 30.6. The third-order valence-electron chi connectivity index (χ3n) is 10.0. The van der Waals surface area contributed by atoms with Gasteiger partial charge in [-0.2, -0.15) is 0 Å². The summed E-state index contributed by atoms with van der Waals surface area (Å²) in [5, 5.41) is 7.54. The van der Waals surface area contributed by atoms with E-state index in [0.29, 0.717) is 0 Å². The van der Waals surface area contributed by atoms with E-state index >= 15 is 0 Å². The van der Waals surface area contributed by atoms with E-state index in [0.717, 1.165) is 28.2 Å². The van der Waals surface area contributed by atoms with Crippen LogP contribution in [0.2, 0.25) is 0 Å². The smallest absolute Gasteiger partial charge is 0.144 e. The van der Waals surface area contributed by atoms with Crippen LogP contribution in [0.3, 0.4) is 0 Å². The first-order valence-electron chi connectivity index (χ1n) is 15.9. The standard InChI is InChI=1S/C43H29NOS/c1-43(2)35-25-28(44(26-12-4-3-5-13-26)27-21-23-38-34(24-27)29-14-9-11-19-37(29)46-38)20-22-32(35)40-41(43)31-16-7-6-15-30(31)39-33-17-8-10-18-36(33)45-42(39)40/h3-25H,1-2H3. The third-order valence-corrected chi connectivity index (χ3v) is 11.2. The molecule has 1 aliphatic rings. The minimum atomic E-state index is -0.233. The molecule has 3 heteroatoms. The van der Waals surface area contributed by atoms with E-state index in [1.807, 2.05) is 11.3 Å². The van der Waals surface area contributed by atoms with Crippen molar-refractivity contribution in [1.29, 1.82) is 0 Å². The second-order valence-electron chi connectivity index (χ2n) is 12.9. The van der Waals surface area contributed by atoms with Crippen molar-refractivity contribution in [3.63, 3.8) is 0 Å².